The first-order chi connectivity index (χ1) is 10.5. The predicted molar refractivity (Wildman–Crippen MR) is 85.5 cm³/mol. The van der Waals surface area contributed by atoms with Gasteiger partial charge in [0.25, 0.3) is 0 Å². The van der Waals surface area contributed by atoms with Crippen molar-refractivity contribution in [3.8, 4) is 0 Å². The summed E-state index contributed by atoms with van der Waals surface area (Å²) in [6, 6.07) is 5.35. The average molecular weight is 304 g/mol. The van der Waals surface area contributed by atoms with Crippen molar-refractivity contribution in [2.45, 2.75) is 26.8 Å². The summed E-state index contributed by atoms with van der Waals surface area (Å²) in [7, 11) is 0. The van der Waals surface area contributed by atoms with Crippen LogP contribution in [0.5, 0.6) is 0 Å². The molecule has 120 valence electrons. The van der Waals surface area contributed by atoms with Crippen molar-refractivity contribution in [3.63, 3.8) is 0 Å². The minimum absolute atomic E-state index is 0.0188. The molecular formula is C16H24N4O2. The van der Waals surface area contributed by atoms with E-state index in [4.69, 9.17) is 0 Å². The molecule has 1 aliphatic rings. The Morgan fingerprint density at radius 2 is 1.82 bits per heavy atom. The zero-order valence-corrected chi connectivity index (χ0v) is 13.5. The van der Waals surface area contributed by atoms with E-state index >= 15 is 0 Å². The molecule has 0 aromatic carbocycles. The maximum atomic E-state index is 12.4. The lowest BCUT2D eigenvalue weighted by Gasteiger charge is -2.36. The van der Waals surface area contributed by atoms with E-state index in [0.717, 1.165) is 18.9 Å². The molecule has 1 aliphatic heterocycles. The zero-order valence-electron chi connectivity index (χ0n) is 13.5. The van der Waals surface area contributed by atoms with Crippen molar-refractivity contribution < 1.29 is 9.59 Å². The molecule has 1 aromatic heterocycles. The second-order valence-corrected chi connectivity index (χ2v) is 5.89. The number of hydrogen-bond donors (Lipinski definition) is 1. The largest absolute Gasteiger partial charge is 0.353 e. The van der Waals surface area contributed by atoms with Crippen LogP contribution < -0.4 is 10.2 Å². The molecule has 6 heteroatoms. The minimum Gasteiger partial charge on any atom is -0.353 e. The maximum absolute atomic E-state index is 12.4. The van der Waals surface area contributed by atoms with Gasteiger partial charge in [0.05, 0.1) is 0 Å². The van der Waals surface area contributed by atoms with Gasteiger partial charge in [-0.1, -0.05) is 19.9 Å². The van der Waals surface area contributed by atoms with E-state index in [-0.39, 0.29) is 17.7 Å². The summed E-state index contributed by atoms with van der Waals surface area (Å²) in [6.07, 6.45) is 1.77. The van der Waals surface area contributed by atoms with Crippen LogP contribution in [-0.2, 0) is 9.59 Å². The van der Waals surface area contributed by atoms with Crippen molar-refractivity contribution in [1.82, 2.24) is 15.2 Å². The lowest BCUT2D eigenvalue weighted by molar-refractivity contribution is -0.136. The van der Waals surface area contributed by atoms with Gasteiger partial charge < -0.3 is 15.1 Å². The van der Waals surface area contributed by atoms with Gasteiger partial charge in [-0.3, -0.25) is 9.59 Å². The molecule has 0 spiro atoms. The molecule has 2 amide bonds. The Bertz CT molecular complexity index is 510. The molecule has 22 heavy (non-hydrogen) atoms. The summed E-state index contributed by atoms with van der Waals surface area (Å²) in [5, 5.41) is 2.76. The van der Waals surface area contributed by atoms with Gasteiger partial charge in [-0.15, -0.1) is 0 Å². The number of carbonyl (C=O) groups excluding carboxylic acids is 2. The molecule has 0 radical (unpaired) electrons. The topological polar surface area (TPSA) is 65.5 Å². The summed E-state index contributed by atoms with van der Waals surface area (Å²) >= 11 is 0. The first-order valence-corrected chi connectivity index (χ1v) is 7.74. The lowest BCUT2D eigenvalue weighted by Crippen LogP contribution is -2.54. The van der Waals surface area contributed by atoms with Crippen LogP contribution in [0.25, 0.3) is 0 Å². The summed E-state index contributed by atoms with van der Waals surface area (Å²) in [5.74, 6) is 0.717. The highest BCUT2D eigenvalue weighted by atomic mass is 16.2. The maximum Gasteiger partial charge on any atom is 0.244 e. The first kappa shape index (κ1) is 16.3. The number of carbonyl (C=O) groups is 2. The van der Waals surface area contributed by atoms with Crippen LogP contribution in [0.2, 0.25) is 0 Å². The average Bonchev–Trinajstić information content (AvgIpc) is 2.55. The Hall–Kier alpha value is -2.11. The van der Waals surface area contributed by atoms with Crippen LogP contribution in [0, 0.1) is 5.92 Å². The van der Waals surface area contributed by atoms with Gasteiger partial charge in [0.2, 0.25) is 11.8 Å². The van der Waals surface area contributed by atoms with Crippen LogP contribution in [0.4, 0.5) is 5.82 Å². The normalized spacial score (nSPS) is 16.5. The Labute approximate surface area is 131 Å². The van der Waals surface area contributed by atoms with Gasteiger partial charge in [-0.05, 0) is 19.1 Å². The molecule has 1 N–H and O–H groups in total. The fourth-order valence-electron chi connectivity index (χ4n) is 2.41. The molecular weight excluding hydrogens is 280 g/mol. The number of aromatic nitrogens is 1. The fourth-order valence-corrected chi connectivity index (χ4v) is 2.41. The minimum atomic E-state index is -0.476. The molecule has 2 rings (SSSR count). The van der Waals surface area contributed by atoms with E-state index in [1.807, 2.05) is 36.9 Å². The molecule has 1 fully saturated rings. The number of amides is 2. The number of rotatable bonds is 4. The highest BCUT2D eigenvalue weighted by molar-refractivity contribution is 5.88. The molecule has 6 nitrogen and oxygen atoms in total. The molecule has 2 heterocycles. The van der Waals surface area contributed by atoms with Crippen molar-refractivity contribution >= 4 is 17.6 Å². The summed E-state index contributed by atoms with van der Waals surface area (Å²) in [6.45, 7) is 8.19. The standard InChI is InChI=1S/C16H24N4O2/c1-12(2)15(21)18-13(3)16(22)20-10-8-19(9-11-20)14-6-4-5-7-17-14/h4-7,12-13H,8-11H2,1-3H3,(H,18,21)/t13-/m0/s1. The quantitative estimate of drug-likeness (QED) is 0.897. The van der Waals surface area contributed by atoms with Gasteiger partial charge in [-0.25, -0.2) is 4.98 Å². The van der Waals surface area contributed by atoms with Gasteiger partial charge in [0, 0.05) is 38.3 Å². The molecule has 0 aliphatic carbocycles. The smallest absolute Gasteiger partial charge is 0.244 e. The highest BCUT2D eigenvalue weighted by Crippen LogP contribution is 2.13. The van der Waals surface area contributed by atoms with E-state index in [2.05, 4.69) is 15.2 Å². The van der Waals surface area contributed by atoms with E-state index < -0.39 is 6.04 Å². The SMILES string of the molecule is CC(C)C(=O)N[C@@H](C)C(=O)N1CCN(c2ccccn2)CC1. The molecule has 0 saturated carbocycles. The molecule has 1 atom stereocenters. The number of anilines is 1. The van der Waals surface area contributed by atoms with Crippen LogP contribution in [-0.4, -0.2) is 53.9 Å². The van der Waals surface area contributed by atoms with E-state index in [1.54, 1.807) is 13.1 Å². The van der Waals surface area contributed by atoms with Gasteiger partial charge in [0.1, 0.15) is 11.9 Å². The van der Waals surface area contributed by atoms with Crippen molar-refractivity contribution in [2.75, 3.05) is 31.1 Å². The van der Waals surface area contributed by atoms with Gasteiger partial charge in [-0.2, -0.15) is 0 Å². The van der Waals surface area contributed by atoms with E-state index in [1.165, 1.54) is 0 Å². The van der Waals surface area contributed by atoms with E-state index in [0.29, 0.717) is 13.1 Å². The molecule has 0 unspecified atom stereocenters. The van der Waals surface area contributed by atoms with Crippen LogP contribution in [0.3, 0.4) is 0 Å². The molecule has 0 bridgehead atoms. The Kier molecular flexibility index (Phi) is 5.35. The third kappa shape index (κ3) is 3.96. The Morgan fingerprint density at radius 1 is 1.14 bits per heavy atom. The summed E-state index contributed by atoms with van der Waals surface area (Å²) < 4.78 is 0. The lowest BCUT2D eigenvalue weighted by atomic mass is 10.1. The fraction of sp³-hybridized carbons (Fsp3) is 0.562. The molecule has 1 saturated heterocycles. The monoisotopic (exact) mass is 304 g/mol. The Balaban J connectivity index is 1.86. The number of nitrogens with one attached hydrogen (secondary N) is 1. The third-order valence-corrected chi connectivity index (χ3v) is 3.82. The number of piperazine rings is 1. The Morgan fingerprint density at radius 3 is 2.36 bits per heavy atom. The second-order valence-electron chi connectivity index (χ2n) is 5.89. The third-order valence-electron chi connectivity index (χ3n) is 3.82. The number of pyridine rings is 1. The summed E-state index contributed by atoms with van der Waals surface area (Å²) in [4.78, 5) is 32.4. The van der Waals surface area contributed by atoms with Crippen LogP contribution in [0.1, 0.15) is 20.8 Å². The van der Waals surface area contributed by atoms with E-state index in [9.17, 15) is 9.59 Å². The second kappa shape index (κ2) is 7.24. The highest BCUT2D eigenvalue weighted by Gasteiger charge is 2.26. The van der Waals surface area contributed by atoms with Gasteiger partial charge >= 0.3 is 0 Å². The van der Waals surface area contributed by atoms with Crippen molar-refractivity contribution in [2.24, 2.45) is 5.92 Å². The van der Waals surface area contributed by atoms with Crippen LogP contribution in [0.15, 0.2) is 24.4 Å². The zero-order chi connectivity index (χ0) is 16.1. The number of hydrogen-bond acceptors (Lipinski definition) is 4. The first-order valence-electron chi connectivity index (χ1n) is 7.74. The van der Waals surface area contributed by atoms with Crippen molar-refractivity contribution in [3.05, 3.63) is 24.4 Å². The molecule has 1 aromatic rings. The van der Waals surface area contributed by atoms with Gasteiger partial charge in [0.15, 0.2) is 0 Å². The summed E-state index contributed by atoms with van der Waals surface area (Å²) in [5.41, 5.74) is 0. The number of nitrogens with zero attached hydrogens (tertiary/aromatic N) is 3. The van der Waals surface area contributed by atoms with Crippen molar-refractivity contribution in [1.29, 1.82) is 0 Å². The predicted octanol–water partition coefficient (Wildman–Crippen LogP) is 0.891. The van der Waals surface area contributed by atoms with Crippen LogP contribution >= 0.6 is 0 Å².